The van der Waals surface area contributed by atoms with Crippen molar-refractivity contribution in [3.05, 3.63) is 65.2 Å². The summed E-state index contributed by atoms with van der Waals surface area (Å²) in [5.41, 5.74) is 3.31. The van der Waals surface area contributed by atoms with Gasteiger partial charge in [-0.15, -0.1) is 0 Å². The highest BCUT2D eigenvalue weighted by Gasteiger charge is 2.13. The molecule has 0 aliphatic carbocycles. The number of hydrogen-bond acceptors (Lipinski definition) is 3. The van der Waals surface area contributed by atoms with Crippen molar-refractivity contribution in [1.82, 2.24) is 10.2 Å². The molecule has 0 heterocycles. The number of nitrogens with one attached hydrogen (secondary N) is 1. The molecule has 2 rings (SSSR count). The summed E-state index contributed by atoms with van der Waals surface area (Å²) < 4.78 is 5.14. The first-order valence-electron chi connectivity index (χ1n) is 8.68. The third kappa shape index (κ3) is 6.24. The smallest absolute Gasteiger partial charge is 0.239 e. The number of nitrogens with zero attached hydrogens (tertiary/aromatic N) is 1. The second-order valence-electron chi connectivity index (χ2n) is 6.30. The minimum atomic E-state index is -0.157. The van der Waals surface area contributed by atoms with E-state index < -0.39 is 0 Å². The van der Waals surface area contributed by atoms with Crippen molar-refractivity contribution in [2.75, 3.05) is 20.2 Å². The fourth-order valence-electron chi connectivity index (χ4n) is 2.54. The van der Waals surface area contributed by atoms with Crippen LogP contribution in [0, 0.1) is 6.92 Å². The number of carbonyl (C=O) groups excluding carboxylic acids is 2. The van der Waals surface area contributed by atoms with E-state index in [0.717, 1.165) is 16.9 Å². The van der Waals surface area contributed by atoms with Gasteiger partial charge in [0.05, 0.1) is 13.7 Å². The quantitative estimate of drug-likeness (QED) is 0.793. The zero-order valence-electron chi connectivity index (χ0n) is 15.6. The predicted octanol–water partition coefficient (Wildman–Crippen LogP) is 2.71. The van der Waals surface area contributed by atoms with Crippen LogP contribution in [0.5, 0.6) is 5.75 Å². The summed E-state index contributed by atoms with van der Waals surface area (Å²) >= 11 is 0. The maximum atomic E-state index is 12.2. The van der Waals surface area contributed by atoms with Gasteiger partial charge in [0, 0.05) is 20.0 Å². The summed E-state index contributed by atoms with van der Waals surface area (Å²) in [6.45, 7) is 4.54. The van der Waals surface area contributed by atoms with Crippen LogP contribution in [0.1, 0.15) is 23.6 Å². The van der Waals surface area contributed by atoms with E-state index in [0.29, 0.717) is 19.5 Å². The Bertz CT molecular complexity index is 724. The van der Waals surface area contributed by atoms with E-state index >= 15 is 0 Å². The Morgan fingerprint density at radius 3 is 2.19 bits per heavy atom. The van der Waals surface area contributed by atoms with Crippen molar-refractivity contribution in [3.63, 3.8) is 0 Å². The summed E-state index contributed by atoms with van der Waals surface area (Å²) in [6.07, 6.45) is 0.689. The number of benzene rings is 2. The molecule has 1 N–H and O–H groups in total. The third-order valence-corrected chi connectivity index (χ3v) is 4.22. The molecule has 138 valence electrons. The standard InChI is InChI=1S/C21H26N2O3/c1-16-4-6-19(7-5-16)14-22-21(25)15-23(17(2)24)13-12-18-8-10-20(26-3)11-9-18/h4-11H,12-15H2,1-3H3,(H,22,25). The van der Waals surface area contributed by atoms with Crippen LogP contribution in [0.15, 0.2) is 48.5 Å². The predicted molar refractivity (Wildman–Crippen MR) is 102 cm³/mol. The zero-order chi connectivity index (χ0) is 18.9. The van der Waals surface area contributed by atoms with E-state index in [1.165, 1.54) is 12.5 Å². The van der Waals surface area contributed by atoms with Gasteiger partial charge in [-0.25, -0.2) is 0 Å². The summed E-state index contributed by atoms with van der Waals surface area (Å²) in [5, 5.41) is 2.87. The summed E-state index contributed by atoms with van der Waals surface area (Å²) in [6, 6.07) is 15.7. The summed E-state index contributed by atoms with van der Waals surface area (Å²) in [7, 11) is 1.63. The van der Waals surface area contributed by atoms with Crippen molar-refractivity contribution in [3.8, 4) is 5.75 Å². The molecule has 0 bridgehead atoms. The fourth-order valence-corrected chi connectivity index (χ4v) is 2.54. The molecule has 0 unspecified atom stereocenters. The summed E-state index contributed by atoms with van der Waals surface area (Å²) in [5.74, 6) is 0.534. The number of rotatable bonds is 8. The van der Waals surface area contributed by atoms with Gasteiger partial charge in [0.15, 0.2) is 0 Å². The molecule has 0 saturated heterocycles. The van der Waals surface area contributed by atoms with Gasteiger partial charge in [-0.2, -0.15) is 0 Å². The topological polar surface area (TPSA) is 58.6 Å². The minimum absolute atomic E-state index is 0.0668. The lowest BCUT2D eigenvalue weighted by Gasteiger charge is -2.20. The lowest BCUT2D eigenvalue weighted by atomic mass is 10.1. The molecule has 26 heavy (non-hydrogen) atoms. The minimum Gasteiger partial charge on any atom is -0.497 e. The Balaban J connectivity index is 1.83. The van der Waals surface area contributed by atoms with Gasteiger partial charge < -0.3 is 15.0 Å². The average Bonchev–Trinajstić information content (AvgIpc) is 2.64. The van der Waals surface area contributed by atoms with Crippen LogP contribution in [-0.2, 0) is 22.6 Å². The Morgan fingerprint density at radius 1 is 1.00 bits per heavy atom. The highest BCUT2D eigenvalue weighted by molar-refractivity contribution is 5.83. The van der Waals surface area contributed by atoms with Gasteiger partial charge >= 0.3 is 0 Å². The Labute approximate surface area is 155 Å². The van der Waals surface area contributed by atoms with Gasteiger partial charge in [0.2, 0.25) is 11.8 Å². The Kier molecular flexibility index (Phi) is 7.21. The van der Waals surface area contributed by atoms with E-state index in [1.54, 1.807) is 12.0 Å². The number of amides is 2. The first-order valence-corrected chi connectivity index (χ1v) is 8.68. The SMILES string of the molecule is COc1ccc(CCN(CC(=O)NCc2ccc(C)cc2)C(C)=O)cc1. The highest BCUT2D eigenvalue weighted by Crippen LogP contribution is 2.12. The second-order valence-corrected chi connectivity index (χ2v) is 6.30. The van der Waals surface area contributed by atoms with Crippen molar-refractivity contribution < 1.29 is 14.3 Å². The van der Waals surface area contributed by atoms with Gasteiger partial charge in [-0.05, 0) is 36.6 Å². The molecule has 5 heteroatoms. The van der Waals surface area contributed by atoms with E-state index in [9.17, 15) is 9.59 Å². The van der Waals surface area contributed by atoms with E-state index in [4.69, 9.17) is 4.74 Å². The number of aryl methyl sites for hydroxylation is 1. The van der Waals surface area contributed by atoms with Crippen LogP contribution in [0.2, 0.25) is 0 Å². The van der Waals surface area contributed by atoms with Crippen LogP contribution in [-0.4, -0.2) is 36.9 Å². The number of methoxy groups -OCH3 is 1. The van der Waals surface area contributed by atoms with Crippen LogP contribution < -0.4 is 10.1 Å². The molecule has 2 aromatic rings. The zero-order valence-corrected chi connectivity index (χ0v) is 15.6. The fraction of sp³-hybridized carbons (Fsp3) is 0.333. The summed E-state index contributed by atoms with van der Waals surface area (Å²) in [4.78, 5) is 25.6. The lowest BCUT2D eigenvalue weighted by molar-refractivity contribution is -0.134. The molecule has 5 nitrogen and oxygen atoms in total. The van der Waals surface area contributed by atoms with Gasteiger partial charge in [0.1, 0.15) is 5.75 Å². The molecule has 0 saturated carbocycles. The van der Waals surface area contributed by atoms with Gasteiger partial charge in [0.25, 0.3) is 0 Å². The molecular weight excluding hydrogens is 328 g/mol. The third-order valence-electron chi connectivity index (χ3n) is 4.22. The largest absolute Gasteiger partial charge is 0.497 e. The molecule has 0 spiro atoms. The molecule has 0 fully saturated rings. The molecule has 0 atom stereocenters. The molecule has 0 aliphatic rings. The maximum Gasteiger partial charge on any atom is 0.239 e. The molecule has 0 radical (unpaired) electrons. The van der Waals surface area contributed by atoms with Crippen LogP contribution in [0.25, 0.3) is 0 Å². The molecule has 0 aromatic heterocycles. The highest BCUT2D eigenvalue weighted by atomic mass is 16.5. The normalized spacial score (nSPS) is 10.3. The average molecular weight is 354 g/mol. The molecule has 2 amide bonds. The van der Waals surface area contributed by atoms with E-state index in [2.05, 4.69) is 5.32 Å². The van der Waals surface area contributed by atoms with Crippen molar-refractivity contribution in [2.45, 2.75) is 26.8 Å². The number of ether oxygens (including phenoxy) is 1. The second kappa shape index (κ2) is 9.61. The Hall–Kier alpha value is -2.82. The van der Waals surface area contributed by atoms with Gasteiger partial charge in [-0.3, -0.25) is 9.59 Å². The molecular formula is C21H26N2O3. The monoisotopic (exact) mass is 354 g/mol. The first-order chi connectivity index (χ1) is 12.5. The molecule has 2 aromatic carbocycles. The van der Waals surface area contributed by atoms with E-state index in [1.807, 2.05) is 55.5 Å². The van der Waals surface area contributed by atoms with Crippen LogP contribution in [0.4, 0.5) is 0 Å². The van der Waals surface area contributed by atoms with Crippen LogP contribution >= 0.6 is 0 Å². The van der Waals surface area contributed by atoms with Crippen LogP contribution in [0.3, 0.4) is 0 Å². The lowest BCUT2D eigenvalue weighted by Crippen LogP contribution is -2.40. The maximum absolute atomic E-state index is 12.2. The van der Waals surface area contributed by atoms with Crippen molar-refractivity contribution in [2.24, 2.45) is 0 Å². The first kappa shape index (κ1) is 19.5. The number of carbonyl (C=O) groups is 2. The van der Waals surface area contributed by atoms with Crippen molar-refractivity contribution >= 4 is 11.8 Å². The van der Waals surface area contributed by atoms with E-state index in [-0.39, 0.29) is 18.4 Å². The Morgan fingerprint density at radius 2 is 1.62 bits per heavy atom. The molecule has 0 aliphatic heterocycles. The number of hydrogen-bond donors (Lipinski definition) is 1. The van der Waals surface area contributed by atoms with Crippen molar-refractivity contribution in [1.29, 1.82) is 0 Å². The van der Waals surface area contributed by atoms with Gasteiger partial charge in [-0.1, -0.05) is 42.0 Å².